The van der Waals surface area contributed by atoms with Gasteiger partial charge >= 0.3 is 0 Å². The van der Waals surface area contributed by atoms with Crippen molar-refractivity contribution in [2.75, 3.05) is 12.8 Å². The van der Waals surface area contributed by atoms with Gasteiger partial charge < -0.3 is 20.5 Å². The van der Waals surface area contributed by atoms with E-state index in [4.69, 9.17) is 20.2 Å². The summed E-state index contributed by atoms with van der Waals surface area (Å²) in [5.74, 6) is 0.805. The van der Waals surface area contributed by atoms with Crippen LogP contribution in [0.2, 0.25) is 0 Å². The number of anilines is 1. The molecular formula is C21H21NO4. The Morgan fingerprint density at radius 1 is 0.962 bits per heavy atom. The van der Waals surface area contributed by atoms with E-state index in [0.29, 0.717) is 28.3 Å². The Bertz CT molecular complexity index is 852. The van der Waals surface area contributed by atoms with Gasteiger partial charge in [0, 0.05) is 11.3 Å². The summed E-state index contributed by atoms with van der Waals surface area (Å²) >= 11 is 0. The average molecular weight is 351 g/mol. The van der Waals surface area contributed by atoms with Gasteiger partial charge in [-0.3, -0.25) is 0 Å². The van der Waals surface area contributed by atoms with Crippen LogP contribution in [-0.2, 0) is 11.5 Å². The largest absolute Gasteiger partial charge is 0.493 e. The molecule has 0 radical (unpaired) electrons. The predicted molar refractivity (Wildman–Crippen MR) is 99.8 cm³/mol. The maximum Gasteiger partial charge on any atom is 0.213 e. The molecule has 0 bridgehead atoms. The molecule has 1 unspecified atom stereocenters. The van der Waals surface area contributed by atoms with Crippen molar-refractivity contribution in [3.63, 3.8) is 0 Å². The summed E-state index contributed by atoms with van der Waals surface area (Å²) in [5, 5.41) is 10.8. The molecule has 26 heavy (non-hydrogen) atoms. The fourth-order valence-corrected chi connectivity index (χ4v) is 2.64. The van der Waals surface area contributed by atoms with Crippen molar-refractivity contribution >= 4 is 5.69 Å². The Hall–Kier alpha value is -3.02. The highest BCUT2D eigenvalue weighted by molar-refractivity contribution is 5.51. The van der Waals surface area contributed by atoms with Crippen molar-refractivity contribution in [3.05, 3.63) is 89.5 Å². The highest BCUT2D eigenvalue weighted by atomic mass is 17.2. The van der Waals surface area contributed by atoms with Crippen LogP contribution in [0.25, 0.3) is 0 Å². The quantitative estimate of drug-likeness (QED) is 0.384. The topological polar surface area (TPSA) is 73.9 Å². The molecule has 134 valence electrons. The van der Waals surface area contributed by atoms with Crippen LogP contribution < -0.4 is 15.4 Å². The number of nitrogen functional groups attached to an aromatic ring is 1. The zero-order chi connectivity index (χ0) is 18.4. The third-order valence-electron chi connectivity index (χ3n) is 3.96. The minimum absolute atomic E-state index is 0.271. The van der Waals surface area contributed by atoms with Crippen LogP contribution in [0.5, 0.6) is 11.5 Å². The Morgan fingerprint density at radius 3 is 2.46 bits per heavy atom. The maximum atomic E-state index is 10.8. The minimum Gasteiger partial charge on any atom is -0.493 e. The molecule has 0 fully saturated rings. The molecule has 0 heterocycles. The smallest absolute Gasteiger partial charge is 0.213 e. The van der Waals surface area contributed by atoms with E-state index in [2.05, 4.69) is 0 Å². The fourth-order valence-electron chi connectivity index (χ4n) is 2.64. The van der Waals surface area contributed by atoms with E-state index in [-0.39, 0.29) is 6.61 Å². The number of para-hydroxylation sites is 1. The maximum absolute atomic E-state index is 10.8. The third kappa shape index (κ3) is 4.14. The minimum atomic E-state index is -0.927. The van der Waals surface area contributed by atoms with Gasteiger partial charge in [0.15, 0.2) is 5.75 Å². The van der Waals surface area contributed by atoms with Crippen molar-refractivity contribution in [3.8, 4) is 11.5 Å². The van der Waals surface area contributed by atoms with Crippen LogP contribution >= 0.6 is 0 Å². The first-order chi connectivity index (χ1) is 12.7. The van der Waals surface area contributed by atoms with Crippen LogP contribution in [0.4, 0.5) is 5.69 Å². The number of ether oxygens (including phenoxy) is 1. The van der Waals surface area contributed by atoms with Gasteiger partial charge in [-0.1, -0.05) is 54.6 Å². The Morgan fingerprint density at radius 2 is 1.73 bits per heavy atom. The van der Waals surface area contributed by atoms with E-state index in [0.717, 1.165) is 5.56 Å². The number of hydrogen-bond donors (Lipinski definition) is 2. The van der Waals surface area contributed by atoms with Crippen LogP contribution in [-0.4, -0.2) is 12.2 Å². The molecule has 1 atom stereocenters. The van der Waals surface area contributed by atoms with E-state index >= 15 is 0 Å². The number of methoxy groups -OCH3 is 1. The molecule has 0 saturated carbocycles. The molecule has 0 aliphatic heterocycles. The summed E-state index contributed by atoms with van der Waals surface area (Å²) in [6.07, 6.45) is -0.927. The highest BCUT2D eigenvalue weighted by Gasteiger charge is 2.20. The van der Waals surface area contributed by atoms with Gasteiger partial charge in [0.25, 0.3) is 0 Å². The molecule has 0 aromatic heterocycles. The number of benzene rings is 3. The molecule has 0 aliphatic carbocycles. The van der Waals surface area contributed by atoms with Gasteiger partial charge in [0.05, 0.1) is 7.11 Å². The van der Waals surface area contributed by atoms with Gasteiger partial charge in [-0.15, -0.1) is 0 Å². The van der Waals surface area contributed by atoms with Crippen molar-refractivity contribution in [1.29, 1.82) is 0 Å². The monoisotopic (exact) mass is 351 g/mol. The molecule has 0 spiro atoms. The molecular weight excluding hydrogens is 330 g/mol. The number of aliphatic hydroxyl groups excluding tert-OH is 1. The van der Waals surface area contributed by atoms with Gasteiger partial charge in [0.1, 0.15) is 12.7 Å². The van der Waals surface area contributed by atoms with E-state index in [1.807, 2.05) is 30.3 Å². The molecule has 0 amide bonds. The molecule has 0 aliphatic rings. The summed E-state index contributed by atoms with van der Waals surface area (Å²) < 4.78 is 5.36. The molecule has 3 aromatic rings. The lowest BCUT2D eigenvalue weighted by Gasteiger charge is -2.18. The molecule has 0 saturated heterocycles. The number of hydrogen-bond acceptors (Lipinski definition) is 5. The standard InChI is InChI=1S/C21H21NO4/c1-24-19-12-6-11-18(20(23)16-9-5-10-17(22)13-16)21(19)26-25-14-15-7-3-2-4-8-15/h2-13,20,23H,14,22H2,1H3. The molecule has 5 heteroatoms. The van der Waals surface area contributed by atoms with E-state index in [1.165, 1.54) is 7.11 Å². The van der Waals surface area contributed by atoms with Crippen LogP contribution in [0.3, 0.4) is 0 Å². The lowest BCUT2D eigenvalue weighted by atomic mass is 10.00. The summed E-state index contributed by atoms with van der Waals surface area (Å²) in [7, 11) is 1.54. The normalized spacial score (nSPS) is 11.8. The van der Waals surface area contributed by atoms with E-state index < -0.39 is 6.10 Å². The van der Waals surface area contributed by atoms with Crippen LogP contribution in [0.15, 0.2) is 72.8 Å². The SMILES string of the molecule is COc1cccc(C(O)c2cccc(N)c2)c1OOCc1ccccc1. The highest BCUT2D eigenvalue weighted by Crippen LogP contribution is 2.37. The summed E-state index contributed by atoms with van der Waals surface area (Å²) in [6, 6.07) is 22.0. The van der Waals surface area contributed by atoms with Crippen molar-refractivity contribution in [1.82, 2.24) is 0 Å². The average Bonchev–Trinajstić information content (AvgIpc) is 2.68. The second-order valence-corrected chi connectivity index (χ2v) is 5.78. The zero-order valence-corrected chi connectivity index (χ0v) is 14.5. The first kappa shape index (κ1) is 17.8. The molecule has 5 nitrogen and oxygen atoms in total. The van der Waals surface area contributed by atoms with Gasteiger partial charge in [-0.2, -0.15) is 4.89 Å². The van der Waals surface area contributed by atoms with Gasteiger partial charge in [-0.25, -0.2) is 0 Å². The van der Waals surface area contributed by atoms with E-state index in [9.17, 15) is 5.11 Å². The lowest BCUT2D eigenvalue weighted by molar-refractivity contribution is -0.219. The van der Waals surface area contributed by atoms with E-state index in [1.54, 1.807) is 42.5 Å². The molecule has 3 aromatic carbocycles. The third-order valence-corrected chi connectivity index (χ3v) is 3.96. The fraction of sp³-hybridized carbons (Fsp3) is 0.143. The zero-order valence-electron chi connectivity index (χ0n) is 14.5. The first-order valence-corrected chi connectivity index (χ1v) is 8.23. The van der Waals surface area contributed by atoms with Crippen molar-refractivity contribution < 1.29 is 19.6 Å². The molecule has 3 N–H and O–H groups in total. The van der Waals surface area contributed by atoms with Crippen molar-refractivity contribution in [2.24, 2.45) is 0 Å². The molecule has 3 rings (SSSR count). The Balaban J connectivity index is 1.83. The first-order valence-electron chi connectivity index (χ1n) is 8.23. The summed E-state index contributed by atoms with van der Waals surface area (Å²) in [6.45, 7) is 0.271. The van der Waals surface area contributed by atoms with Crippen LogP contribution in [0, 0.1) is 0 Å². The Labute approximate surface area is 152 Å². The Kier molecular flexibility index (Phi) is 5.73. The number of aliphatic hydroxyl groups is 1. The summed E-state index contributed by atoms with van der Waals surface area (Å²) in [4.78, 5) is 10.9. The van der Waals surface area contributed by atoms with Crippen LogP contribution in [0.1, 0.15) is 22.8 Å². The second-order valence-electron chi connectivity index (χ2n) is 5.78. The van der Waals surface area contributed by atoms with Crippen molar-refractivity contribution in [2.45, 2.75) is 12.7 Å². The van der Waals surface area contributed by atoms with Gasteiger partial charge in [0.2, 0.25) is 5.75 Å². The number of rotatable bonds is 7. The second kappa shape index (κ2) is 8.38. The summed E-state index contributed by atoms with van der Waals surface area (Å²) in [5.41, 5.74) is 8.56. The lowest BCUT2D eigenvalue weighted by Crippen LogP contribution is -2.07. The number of nitrogens with two attached hydrogens (primary N) is 1. The van der Waals surface area contributed by atoms with Gasteiger partial charge in [-0.05, 0) is 29.3 Å². The predicted octanol–water partition coefficient (Wildman–Crippen LogP) is 3.87.